The van der Waals surface area contributed by atoms with Crippen molar-refractivity contribution in [3.63, 3.8) is 0 Å². The second-order valence-corrected chi connectivity index (χ2v) is 4.85. The SMILES string of the molecule is Cc1nc(-c2ccco2)ccc1C(=O)N1CCNCC1. The highest BCUT2D eigenvalue weighted by atomic mass is 16.3. The summed E-state index contributed by atoms with van der Waals surface area (Å²) in [6.45, 7) is 5.06. The Morgan fingerprint density at radius 3 is 2.75 bits per heavy atom. The van der Waals surface area contributed by atoms with E-state index in [1.165, 1.54) is 0 Å². The number of nitrogens with one attached hydrogen (secondary N) is 1. The highest BCUT2D eigenvalue weighted by molar-refractivity contribution is 5.95. The van der Waals surface area contributed by atoms with Crippen molar-refractivity contribution in [1.29, 1.82) is 0 Å². The van der Waals surface area contributed by atoms with Gasteiger partial charge in [0.1, 0.15) is 5.69 Å². The second-order valence-electron chi connectivity index (χ2n) is 4.85. The van der Waals surface area contributed by atoms with Crippen LogP contribution in [0.1, 0.15) is 16.1 Å². The van der Waals surface area contributed by atoms with Crippen LogP contribution in [0.3, 0.4) is 0 Å². The van der Waals surface area contributed by atoms with E-state index in [0.717, 1.165) is 37.6 Å². The molecule has 2 aromatic rings. The molecular weight excluding hydrogens is 254 g/mol. The first kappa shape index (κ1) is 12.9. The molecule has 1 amide bonds. The Labute approximate surface area is 117 Å². The Bertz CT molecular complexity index is 602. The summed E-state index contributed by atoms with van der Waals surface area (Å²) < 4.78 is 5.33. The highest BCUT2D eigenvalue weighted by Gasteiger charge is 2.20. The molecule has 0 atom stereocenters. The average Bonchev–Trinajstić information content (AvgIpc) is 3.01. The van der Waals surface area contributed by atoms with Crippen LogP contribution in [0.15, 0.2) is 34.9 Å². The molecule has 1 N–H and O–H groups in total. The minimum Gasteiger partial charge on any atom is -0.463 e. The summed E-state index contributed by atoms with van der Waals surface area (Å²) in [5.41, 5.74) is 2.16. The van der Waals surface area contributed by atoms with E-state index in [1.807, 2.05) is 36.1 Å². The van der Waals surface area contributed by atoms with Gasteiger partial charge < -0.3 is 14.6 Å². The predicted octanol–water partition coefficient (Wildman–Crippen LogP) is 1.70. The first-order chi connectivity index (χ1) is 9.75. The molecule has 0 unspecified atom stereocenters. The fourth-order valence-electron chi connectivity index (χ4n) is 2.39. The maximum Gasteiger partial charge on any atom is 0.255 e. The molecule has 3 heterocycles. The van der Waals surface area contributed by atoms with Gasteiger partial charge in [0.25, 0.3) is 5.91 Å². The van der Waals surface area contributed by atoms with Gasteiger partial charge in [-0.3, -0.25) is 4.79 Å². The molecule has 5 nitrogen and oxygen atoms in total. The van der Waals surface area contributed by atoms with Gasteiger partial charge in [0.2, 0.25) is 0 Å². The van der Waals surface area contributed by atoms with Crippen molar-refractivity contribution >= 4 is 5.91 Å². The van der Waals surface area contributed by atoms with E-state index < -0.39 is 0 Å². The molecule has 1 aliphatic heterocycles. The van der Waals surface area contributed by atoms with Crippen LogP contribution in [0.25, 0.3) is 11.5 Å². The average molecular weight is 271 g/mol. The largest absolute Gasteiger partial charge is 0.463 e. The predicted molar refractivity (Wildman–Crippen MR) is 75.4 cm³/mol. The molecule has 0 spiro atoms. The third kappa shape index (κ3) is 2.44. The van der Waals surface area contributed by atoms with Crippen molar-refractivity contribution in [2.45, 2.75) is 6.92 Å². The lowest BCUT2D eigenvalue weighted by molar-refractivity contribution is 0.0734. The lowest BCUT2D eigenvalue weighted by Gasteiger charge is -2.27. The summed E-state index contributed by atoms with van der Waals surface area (Å²) in [6, 6.07) is 7.36. The van der Waals surface area contributed by atoms with Crippen molar-refractivity contribution in [1.82, 2.24) is 15.2 Å². The van der Waals surface area contributed by atoms with Crippen LogP contribution in [-0.4, -0.2) is 42.0 Å². The van der Waals surface area contributed by atoms with Crippen molar-refractivity contribution in [3.05, 3.63) is 41.8 Å². The van der Waals surface area contributed by atoms with E-state index in [-0.39, 0.29) is 5.91 Å². The zero-order valence-electron chi connectivity index (χ0n) is 11.4. The molecule has 20 heavy (non-hydrogen) atoms. The third-order valence-electron chi connectivity index (χ3n) is 3.49. The summed E-state index contributed by atoms with van der Waals surface area (Å²) in [7, 11) is 0. The second kappa shape index (κ2) is 5.46. The number of furan rings is 1. The number of rotatable bonds is 2. The summed E-state index contributed by atoms with van der Waals surface area (Å²) in [6.07, 6.45) is 1.62. The van der Waals surface area contributed by atoms with Gasteiger partial charge >= 0.3 is 0 Å². The van der Waals surface area contributed by atoms with Gasteiger partial charge in [-0.2, -0.15) is 0 Å². The zero-order valence-corrected chi connectivity index (χ0v) is 11.4. The van der Waals surface area contributed by atoms with Crippen LogP contribution in [-0.2, 0) is 0 Å². The van der Waals surface area contributed by atoms with E-state index >= 15 is 0 Å². The Kier molecular flexibility index (Phi) is 3.52. The summed E-state index contributed by atoms with van der Waals surface area (Å²) >= 11 is 0. The monoisotopic (exact) mass is 271 g/mol. The third-order valence-corrected chi connectivity index (χ3v) is 3.49. The van der Waals surface area contributed by atoms with Gasteiger partial charge in [-0.05, 0) is 31.2 Å². The number of hydrogen-bond acceptors (Lipinski definition) is 4. The molecular formula is C15H17N3O2. The van der Waals surface area contributed by atoms with Gasteiger partial charge in [-0.1, -0.05) is 0 Å². The molecule has 0 bridgehead atoms. The lowest BCUT2D eigenvalue weighted by Crippen LogP contribution is -2.46. The van der Waals surface area contributed by atoms with Crippen LogP contribution >= 0.6 is 0 Å². The molecule has 0 saturated carbocycles. The van der Waals surface area contributed by atoms with Crippen LogP contribution in [0, 0.1) is 6.92 Å². The summed E-state index contributed by atoms with van der Waals surface area (Å²) in [4.78, 5) is 18.8. The van der Waals surface area contributed by atoms with Crippen molar-refractivity contribution in [2.75, 3.05) is 26.2 Å². The first-order valence-corrected chi connectivity index (χ1v) is 6.77. The molecule has 1 aliphatic rings. The first-order valence-electron chi connectivity index (χ1n) is 6.77. The van der Waals surface area contributed by atoms with Gasteiger partial charge in [0.15, 0.2) is 5.76 Å². The van der Waals surface area contributed by atoms with Crippen LogP contribution < -0.4 is 5.32 Å². The number of hydrogen-bond donors (Lipinski definition) is 1. The maximum absolute atomic E-state index is 12.5. The highest BCUT2D eigenvalue weighted by Crippen LogP contribution is 2.20. The fraction of sp³-hybridized carbons (Fsp3) is 0.333. The van der Waals surface area contributed by atoms with E-state index in [1.54, 1.807) is 6.26 Å². The topological polar surface area (TPSA) is 58.4 Å². The number of carbonyl (C=O) groups is 1. The number of piperazine rings is 1. The van der Waals surface area contributed by atoms with E-state index in [9.17, 15) is 4.79 Å². The van der Waals surface area contributed by atoms with E-state index in [2.05, 4.69) is 10.3 Å². The molecule has 3 rings (SSSR count). The van der Waals surface area contributed by atoms with Crippen molar-refractivity contribution < 1.29 is 9.21 Å². The normalized spacial score (nSPS) is 15.3. The number of aryl methyl sites for hydroxylation is 1. The Morgan fingerprint density at radius 1 is 1.30 bits per heavy atom. The molecule has 0 radical (unpaired) electrons. The number of nitrogens with zero attached hydrogens (tertiary/aromatic N) is 2. The Hall–Kier alpha value is -2.14. The molecule has 0 aromatic carbocycles. The molecule has 1 fully saturated rings. The number of pyridine rings is 1. The number of carbonyl (C=O) groups excluding carboxylic acids is 1. The van der Waals surface area contributed by atoms with Gasteiger partial charge in [0, 0.05) is 26.2 Å². The minimum atomic E-state index is 0.0579. The van der Waals surface area contributed by atoms with Crippen LogP contribution in [0.4, 0.5) is 0 Å². The van der Waals surface area contributed by atoms with Crippen LogP contribution in [0.2, 0.25) is 0 Å². The van der Waals surface area contributed by atoms with Gasteiger partial charge in [0.05, 0.1) is 17.5 Å². The van der Waals surface area contributed by atoms with Crippen molar-refractivity contribution in [3.8, 4) is 11.5 Å². The molecule has 104 valence electrons. The van der Waals surface area contributed by atoms with E-state index in [0.29, 0.717) is 11.3 Å². The Balaban J connectivity index is 1.85. The smallest absolute Gasteiger partial charge is 0.255 e. The minimum absolute atomic E-state index is 0.0579. The quantitative estimate of drug-likeness (QED) is 0.903. The van der Waals surface area contributed by atoms with Gasteiger partial charge in [-0.15, -0.1) is 0 Å². The molecule has 5 heteroatoms. The van der Waals surface area contributed by atoms with E-state index in [4.69, 9.17) is 4.42 Å². The molecule has 2 aromatic heterocycles. The summed E-state index contributed by atoms with van der Waals surface area (Å²) in [5, 5.41) is 3.24. The number of amides is 1. The summed E-state index contributed by atoms with van der Waals surface area (Å²) in [5.74, 6) is 0.775. The van der Waals surface area contributed by atoms with Gasteiger partial charge in [-0.25, -0.2) is 4.98 Å². The maximum atomic E-state index is 12.5. The van der Waals surface area contributed by atoms with Crippen molar-refractivity contribution in [2.24, 2.45) is 0 Å². The van der Waals surface area contributed by atoms with Crippen LogP contribution in [0.5, 0.6) is 0 Å². The standard InChI is InChI=1S/C15H17N3O2/c1-11-12(15(19)18-8-6-16-7-9-18)4-5-13(17-11)14-3-2-10-20-14/h2-5,10,16H,6-9H2,1H3. The molecule has 0 aliphatic carbocycles. The lowest BCUT2D eigenvalue weighted by atomic mass is 10.1. The number of aromatic nitrogens is 1. The fourth-order valence-corrected chi connectivity index (χ4v) is 2.39. The Morgan fingerprint density at radius 2 is 2.10 bits per heavy atom. The molecule has 1 saturated heterocycles. The zero-order chi connectivity index (χ0) is 13.9.